The molecule has 0 saturated heterocycles. The van der Waals surface area contributed by atoms with Gasteiger partial charge in [-0.3, -0.25) is 0 Å². The van der Waals surface area contributed by atoms with Crippen molar-refractivity contribution in [2.24, 2.45) is 0 Å². The number of hydrogen-bond donors (Lipinski definition) is 2. The van der Waals surface area contributed by atoms with E-state index in [0.29, 0.717) is 11.6 Å². The molecule has 3 heteroatoms. The number of aryl methyl sites for hydroxylation is 1. The van der Waals surface area contributed by atoms with Gasteiger partial charge in [0.1, 0.15) is 0 Å². The van der Waals surface area contributed by atoms with E-state index in [1.165, 1.54) is 0 Å². The summed E-state index contributed by atoms with van der Waals surface area (Å²) in [5.41, 5.74) is 2.37. The minimum atomic E-state index is -0.875. The number of benzene rings is 1. The molecule has 1 unspecified atom stereocenters. The number of carboxylic acids is 1. The Morgan fingerprint density at radius 1 is 1.41 bits per heavy atom. The molecule has 3 nitrogen and oxygen atoms in total. The summed E-state index contributed by atoms with van der Waals surface area (Å²) in [7, 11) is 0. The fourth-order valence-electron chi connectivity index (χ4n) is 2.10. The predicted molar refractivity (Wildman–Crippen MR) is 68.5 cm³/mol. The summed E-state index contributed by atoms with van der Waals surface area (Å²) < 4.78 is 0. The molecule has 1 aliphatic carbocycles. The summed E-state index contributed by atoms with van der Waals surface area (Å²) in [4.78, 5) is 10.8. The van der Waals surface area contributed by atoms with Crippen molar-refractivity contribution in [3.63, 3.8) is 0 Å². The second kappa shape index (κ2) is 5.04. The molecule has 0 bridgehead atoms. The number of aromatic carboxylic acids is 1. The van der Waals surface area contributed by atoms with Crippen LogP contribution in [0.1, 0.15) is 35.2 Å². The Morgan fingerprint density at radius 2 is 2.24 bits per heavy atom. The topological polar surface area (TPSA) is 49.3 Å². The SMILES string of the molecule is Cc1cc(C(=O)O)ccc1NC1CC=CCC1. The van der Waals surface area contributed by atoms with Gasteiger partial charge in [-0.25, -0.2) is 4.79 Å². The van der Waals surface area contributed by atoms with Crippen LogP contribution in [0.5, 0.6) is 0 Å². The number of carboxylic acid groups (broad SMARTS) is 1. The lowest BCUT2D eigenvalue weighted by molar-refractivity contribution is 0.0697. The van der Waals surface area contributed by atoms with E-state index in [2.05, 4.69) is 17.5 Å². The zero-order valence-electron chi connectivity index (χ0n) is 9.94. The van der Waals surface area contributed by atoms with Crippen molar-refractivity contribution < 1.29 is 9.90 Å². The number of rotatable bonds is 3. The molecule has 2 N–H and O–H groups in total. The van der Waals surface area contributed by atoms with Crippen LogP contribution in [0.25, 0.3) is 0 Å². The Kier molecular flexibility index (Phi) is 3.47. The molecule has 1 aromatic carbocycles. The van der Waals surface area contributed by atoms with Crippen LogP contribution in [0.4, 0.5) is 5.69 Å². The van der Waals surface area contributed by atoms with Gasteiger partial charge in [0.05, 0.1) is 5.56 Å². The highest BCUT2D eigenvalue weighted by Crippen LogP contribution is 2.21. The Balaban J connectivity index is 2.11. The minimum Gasteiger partial charge on any atom is -0.478 e. The Labute approximate surface area is 101 Å². The highest BCUT2D eigenvalue weighted by molar-refractivity contribution is 5.88. The predicted octanol–water partition coefficient (Wildman–Crippen LogP) is 3.21. The van der Waals surface area contributed by atoms with Gasteiger partial charge >= 0.3 is 5.97 Å². The van der Waals surface area contributed by atoms with Crippen molar-refractivity contribution in [2.75, 3.05) is 5.32 Å². The Morgan fingerprint density at radius 3 is 2.82 bits per heavy atom. The van der Waals surface area contributed by atoms with Crippen molar-refractivity contribution in [1.29, 1.82) is 0 Å². The van der Waals surface area contributed by atoms with Crippen LogP contribution in [0.15, 0.2) is 30.4 Å². The van der Waals surface area contributed by atoms with Crippen molar-refractivity contribution in [3.05, 3.63) is 41.5 Å². The van der Waals surface area contributed by atoms with Crippen LogP contribution in [0.3, 0.4) is 0 Å². The molecule has 90 valence electrons. The van der Waals surface area contributed by atoms with Crippen LogP contribution >= 0.6 is 0 Å². The van der Waals surface area contributed by atoms with E-state index in [4.69, 9.17) is 5.11 Å². The van der Waals surface area contributed by atoms with Gasteiger partial charge in [0.25, 0.3) is 0 Å². The van der Waals surface area contributed by atoms with E-state index in [-0.39, 0.29) is 0 Å². The molecule has 0 spiro atoms. The summed E-state index contributed by atoms with van der Waals surface area (Å²) in [5, 5.41) is 12.4. The van der Waals surface area contributed by atoms with Gasteiger partial charge in [-0.05, 0) is 49.9 Å². The molecule has 1 aliphatic rings. The Bertz CT molecular complexity index is 452. The van der Waals surface area contributed by atoms with E-state index in [9.17, 15) is 4.79 Å². The second-order valence-corrected chi connectivity index (χ2v) is 4.46. The number of carbonyl (C=O) groups is 1. The van der Waals surface area contributed by atoms with Gasteiger partial charge in [-0.2, -0.15) is 0 Å². The average molecular weight is 231 g/mol. The maximum Gasteiger partial charge on any atom is 0.335 e. The van der Waals surface area contributed by atoms with E-state index in [1.54, 1.807) is 12.1 Å². The van der Waals surface area contributed by atoms with E-state index < -0.39 is 5.97 Å². The first kappa shape index (κ1) is 11.7. The lowest BCUT2D eigenvalue weighted by Crippen LogP contribution is -2.20. The quantitative estimate of drug-likeness (QED) is 0.785. The lowest BCUT2D eigenvalue weighted by atomic mass is 10.0. The van der Waals surface area contributed by atoms with Crippen molar-refractivity contribution in [1.82, 2.24) is 0 Å². The Hall–Kier alpha value is -1.77. The largest absolute Gasteiger partial charge is 0.478 e. The zero-order chi connectivity index (χ0) is 12.3. The van der Waals surface area contributed by atoms with Crippen molar-refractivity contribution in [3.8, 4) is 0 Å². The molecule has 2 rings (SSSR count). The summed E-state index contributed by atoms with van der Waals surface area (Å²) in [6.07, 6.45) is 7.70. The van der Waals surface area contributed by atoms with Crippen molar-refractivity contribution in [2.45, 2.75) is 32.2 Å². The van der Waals surface area contributed by atoms with Gasteiger partial charge < -0.3 is 10.4 Å². The standard InChI is InChI=1S/C14H17NO2/c1-10-9-11(14(16)17)7-8-13(10)15-12-5-3-2-4-6-12/h2-3,7-9,12,15H,4-6H2,1H3,(H,16,17). The fraction of sp³-hybridized carbons (Fsp3) is 0.357. The molecule has 0 radical (unpaired) electrons. The molecule has 17 heavy (non-hydrogen) atoms. The van der Waals surface area contributed by atoms with Crippen LogP contribution < -0.4 is 5.32 Å². The third kappa shape index (κ3) is 2.87. The number of allylic oxidation sites excluding steroid dienone is 1. The smallest absolute Gasteiger partial charge is 0.335 e. The zero-order valence-corrected chi connectivity index (χ0v) is 9.94. The average Bonchev–Trinajstić information content (AvgIpc) is 2.33. The third-order valence-electron chi connectivity index (χ3n) is 3.10. The summed E-state index contributed by atoms with van der Waals surface area (Å²) in [6, 6.07) is 5.69. The molecule has 0 fully saturated rings. The highest BCUT2D eigenvalue weighted by Gasteiger charge is 2.11. The van der Waals surface area contributed by atoms with E-state index in [1.807, 2.05) is 13.0 Å². The first-order valence-electron chi connectivity index (χ1n) is 5.92. The number of hydrogen-bond acceptors (Lipinski definition) is 2. The van der Waals surface area contributed by atoms with Gasteiger partial charge in [0.2, 0.25) is 0 Å². The second-order valence-electron chi connectivity index (χ2n) is 4.46. The number of anilines is 1. The molecule has 1 aromatic rings. The molecular formula is C14H17NO2. The summed E-state index contributed by atoms with van der Waals surface area (Å²) in [5.74, 6) is -0.875. The van der Waals surface area contributed by atoms with Gasteiger partial charge in [-0.15, -0.1) is 0 Å². The first-order chi connectivity index (χ1) is 8.16. The minimum absolute atomic E-state index is 0.344. The van der Waals surface area contributed by atoms with Crippen molar-refractivity contribution >= 4 is 11.7 Å². The van der Waals surface area contributed by atoms with E-state index in [0.717, 1.165) is 30.5 Å². The van der Waals surface area contributed by atoms with Crippen LogP contribution in [-0.4, -0.2) is 17.1 Å². The van der Waals surface area contributed by atoms with Gasteiger partial charge in [-0.1, -0.05) is 12.2 Å². The molecule has 0 heterocycles. The highest BCUT2D eigenvalue weighted by atomic mass is 16.4. The molecule has 0 amide bonds. The molecule has 1 atom stereocenters. The molecule has 0 aliphatic heterocycles. The molecule has 0 saturated carbocycles. The molecule has 0 aromatic heterocycles. The maximum absolute atomic E-state index is 10.8. The normalized spacial score (nSPS) is 19.0. The summed E-state index contributed by atoms with van der Waals surface area (Å²) >= 11 is 0. The summed E-state index contributed by atoms with van der Waals surface area (Å²) in [6.45, 7) is 1.94. The van der Waals surface area contributed by atoms with Gasteiger partial charge in [0, 0.05) is 11.7 Å². The van der Waals surface area contributed by atoms with Gasteiger partial charge in [0.15, 0.2) is 0 Å². The van der Waals surface area contributed by atoms with Crippen LogP contribution in [0, 0.1) is 6.92 Å². The lowest BCUT2D eigenvalue weighted by Gasteiger charge is -2.22. The molecular weight excluding hydrogens is 214 g/mol. The van der Waals surface area contributed by atoms with Crippen LogP contribution in [-0.2, 0) is 0 Å². The van der Waals surface area contributed by atoms with Crippen LogP contribution in [0.2, 0.25) is 0 Å². The third-order valence-corrected chi connectivity index (χ3v) is 3.10. The maximum atomic E-state index is 10.8. The first-order valence-corrected chi connectivity index (χ1v) is 5.92. The fourth-order valence-corrected chi connectivity index (χ4v) is 2.10. The number of nitrogens with one attached hydrogen (secondary N) is 1. The van der Waals surface area contributed by atoms with E-state index >= 15 is 0 Å². The monoisotopic (exact) mass is 231 g/mol.